The second kappa shape index (κ2) is 13.1. The average molecular weight is 560 g/mol. The van der Waals surface area contributed by atoms with Crippen LogP contribution in [-0.2, 0) is 14.3 Å². The molecule has 1 aliphatic rings. The van der Waals surface area contributed by atoms with Crippen molar-refractivity contribution in [2.75, 3.05) is 24.8 Å². The number of hydrogen-bond donors (Lipinski definition) is 2. The molecule has 3 aromatic carbocycles. The number of ether oxygens (including phenoxy) is 2. The lowest BCUT2D eigenvalue weighted by atomic mass is 9.81. The lowest BCUT2D eigenvalue weighted by Gasteiger charge is -2.30. The summed E-state index contributed by atoms with van der Waals surface area (Å²) in [5.74, 6) is -0.790. The Balaban J connectivity index is 1.72. The molecule has 4 rings (SSSR count). The first-order chi connectivity index (χ1) is 18.9. The molecule has 7 nitrogen and oxygen atoms in total. The number of dihydropyridines is 1. The van der Waals surface area contributed by atoms with Crippen LogP contribution in [0.5, 0.6) is 5.75 Å². The Morgan fingerprint density at radius 2 is 1.74 bits per heavy atom. The molecule has 198 valence electrons. The molecule has 3 aromatic rings. The van der Waals surface area contributed by atoms with E-state index >= 15 is 0 Å². The van der Waals surface area contributed by atoms with Gasteiger partial charge in [0.1, 0.15) is 5.75 Å². The summed E-state index contributed by atoms with van der Waals surface area (Å²) in [6.45, 7) is 1.91. The fourth-order valence-electron chi connectivity index (χ4n) is 4.16. The lowest BCUT2D eigenvalue weighted by molar-refractivity contribution is -0.138. The van der Waals surface area contributed by atoms with E-state index in [0.29, 0.717) is 43.9 Å². The monoisotopic (exact) mass is 559 g/mol. The summed E-state index contributed by atoms with van der Waals surface area (Å²) >= 11 is 7.33. The zero-order valence-electron chi connectivity index (χ0n) is 21.4. The third kappa shape index (κ3) is 6.63. The van der Waals surface area contributed by atoms with Gasteiger partial charge in [0.25, 0.3) is 0 Å². The van der Waals surface area contributed by atoms with Gasteiger partial charge in [-0.2, -0.15) is 5.26 Å². The lowest BCUT2D eigenvalue weighted by Crippen LogP contribution is -2.29. The van der Waals surface area contributed by atoms with Crippen molar-refractivity contribution in [1.82, 2.24) is 5.32 Å². The number of methoxy groups -OCH3 is 1. The molecule has 1 heterocycles. The molecule has 0 aliphatic carbocycles. The van der Waals surface area contributed by atoms with Crippen LogP contribution in [0, 0.1) is 11.3 Å². The average Bonchev–Trinajstić information content (AvgIpc) is 2.96. The fourth-order valence-corrected chi connectivity index (χ4v) is 5.12. The molecule has 0 spiro atoms. The number of esters is 1. The molecule has 0 aromatic heterocycles. The molecule has 0 saturated carbocycles. The van der Waals surface area contributed by atoms with Crippen molar-refractivity contribution in [1.29, 1.82) is 5.26 Å². The van der Waals surface area contributed by atoms with E-state index in [1.807, 2.05) is 30.3 Å². The Labute approximate surface area is 236 Å². The number of thioether (sulfide) groups is 1. The van der Waals surface area contributed by atoms with Crippen LogP contribution in [0.25, 0.3) is 5.70 Å². The molecule has 1 amide bonds. The molecule has 1 atom stereocenters. The van der Waals surface area contributed by atoms with Crippen LogP contribution in [0.1, 0.15) is 24.0 Å². The van der Waals surface area contributed by atoms with E-state index < -0.39 is 11.9 Å². The normalized spacial score (nSPS) is 14.8. The van der Waals surface area contributed by atoms with Crippen LogP contribution in [0.3, 0.4) is 0 Å². The van der Waals surface area contributed by atoms with E-state index in [2.05, 4.69) is 16.7 Å². The third-order valence-electron chi connectivity index (χ3n) is 5.93. The van der Waals surface area contributed by atoms with E-state index in [0.717, 1.165) is 5.56 Å². The fraction of sp³-hybridized carbons (Fsp3) is 0.167. The molecule has 9 heteroatoms. The minimum Gasteiger partial charge on any atom is -0.497 e. The summed E-state index contributed by atoms with van der Waals surface area (Å²) < 4.78 is 10.6. The van der Waals surface area contributed by atoms with Crippen molar-refractivity contribution in [3.63, 3.8) is 0 Å². The van der Waals surface area contributed by atoms with Crippen molar-refractivity contribution in [3.05, 3.63) is 111 Å². The highest BCUT2D eigenvalue weighted by Crippen LogP contribution is 2.43. The zero-order chi connectivity index (χ0) is 27.8. The minimum atomic E-state index is -0.727. The molecular weight excluding hydrogens is 534 g/mol. The number of allylic oxidation sites excluding steroid dienone is 1. The predicted molar refractivity (Wildman–Crippen MR) is 154 cm³/mol. The number of nitrogens with zero attached hydrogens (tertiary/aromatic N) is 1. The standard InChI is InChI=1S/C30H26ClN3O4S/c1-3-38-30(36)27-26(19-9-11-21(31)12-10-19)24(17-32)29(34-28(27)20-7-5-4-6-8-20)39-18-25(35)33-22-13-15-23(37-2)16-14-22/h4-16,26,34H,3,18H2,1-2H3,(H,33,35). The van der Waals surface area contributed by atoms with Crippen LogP contribution in [0.15, 0.2) is 95.0 Å². The van der Waals surface area contributed by atoms with E-state index in [1.54, 1.807) is 62.6 Å². The highest BCUT2D eigenvalue weighted by Gasteiger charge is 2.37. The first-order valence-corrected chi connectivity index (χ1v) is 13.5. The molecular formula is C30H26ClN3O4S. The van der Waals surface area contributed by atoms with Crippen molar-refractivity contribution >= 4 is 46.6 Å². The summed E-state index contributed by atoms with van der Waals surface area (Å²) in [7, 11) is 1.57. The molecule has 0 saturated heterocycles. The highest BCUT2D eigenvalue weighted by molar-refractivity contribution is 8.03. The largest absolute Gasteiger partial charge is 0.497 e. The number of amides is 1. The number of halogens is 1. The van der Waals surface area contributed by atoms with Crippen LogP contribution < -0.4 is 15.4 Å². The first kappa shape index (κ1) is 27.8. The van der Waals surface area contributed by atoms with Crippen molar-refractivity contribution in [2.45, 2.75) is 12.8 Å². The van der Waals surface area contributed by atoms with Gasteiger partial charge in [0, 0.05) is 10.7 Å². The maximum atomic E-state index is 13.4. The van der Waals surface area contributed by atoms with Gasteiger partial charge in [0.05, 0.1) is 53.3 Å². The summed E-state index contributed by atoms with van der Waals surface area (Å²) in [6, 6.07) is 25.6. The Kier molecular flexibility index (Phi) is 9.31. The van der Waals surface area contributed by atoms with Gasteiger partial charge in [-0.3, -0.25) is 4.79 Å². The summed E-state index contributed by atoms with van der Waals surface area (Å²) in [6.07, 6.45) is 0. The van der Waals surface area contributed by atoms with Gasteiger partial charge in [-0.1, -0.05) is 65.8 Å². The number of nitriles is 1. The van der Waals surface area contributed by atoms with Gasteiger partial charge >= 0.3 is 5.97 Å². The second-order valence-electron chi connectivity index (χ2n) is 8.40. The van der Waals surface area contributed by atoms with E-state index in [1.165, 1.54) is 11.8 Å². The molecule has 1 unspecified atom stereocenters. The summed E-state index contributed by atoms with van der Waals surface area (Å²) in [5, 5.41) is 17.5. The number of carbonyl (C=O) groups is 2. The molecule has 1 aliphatic heterocycles. The van der Waals surface area contributed by atoms with Gasteiger partial charge in [-0.15, -0.1) is 0 Å². The van der Waals surface area contributed by atoms with Gasteiger partial charge in [-0.05, 0) is 54.4 Å². The second-order valence-corrected chi connectivity index (χ2v) is 9.83. The number of anilines is 1. The van der Waals surface area contributed by atoms with E-state index in [-0.39, 0.29) is 18.3 Å². The van der Waals surface area contributed by atoms with Gasteiger partial charge in [0.15, 0.2) is 0 Å². The van der Waals surface area contributed by atoms with Crippen molar-refractivity contribution < 1.29 is 19.1 Å². The quantitative estimate of drug-likeness (QED) is 0.305. The Bertz CT molecular complexity index is 1450. The summed E-state index contributed by atoms with van der Waals surface area (Å²) in [5.41, 5.74) is 3.22. The molecule has 0 bridgehead atoms. The van der Waals surface area contributed by atoms with Crippen molar-refractivity contribution in [2.24, 2.45) is 0 Å². The van der Waals surface area contributed by atoms with Crippen LogP contribution in [-0.4, -0.2) is 31.3 Å². The molecule has 0 fully saturated rings. The Morgan fingerprint density at radius 3 is 2.36 bits per heavy atom. The third-order valence-corrected chi connectivity index (χ3v) is 7.20. The first-order valence-electron chi connectivity index (χ1n) is 12.1. The number of carbonyl (C=O) groups excluding carboxylic acids is 2. The minimum absolute atomic E-state index is 0.0314. The topological polar surface area (TPSA) is 100 Å². The number of hydrogen-bond acceptors (Lipinski definition) is 7. The molecule has 0 radical (unpaired) electrons. The number of rotatable bonds is 9. The van der Waals surface area contributed by atoms with Crippen molar-refractivity contribution in [3.8, 4) is 11.8 Å². The molecule has 39 heavy (non-hydrogen) atoms. The maximum Gasteiger partial charge on any atom is 0.337 e. The maximum absolute atomic E-state index is 13.4. The van der Waals surface area contributed by atoms with Gasteiger partial charge < -0.3 is 20.1 Å². The summed E-state index contributed by atoms with van der Waals surface area (Å²) in [4.78, 5) is 26.2. The predicted octanol–water partition coefficient (Wildman–Crippen LogP) is 6.12. The number of benzene rings is 3. The Hall–Kier alpha value is -4.19. The zero-order valence-corrected chi connectivity index (χ0v) is 22.9. The molecule has 2 N–H and O–H groups in total. The van der Waals surface area contributed by atoms with Gasteiger partial charge in [0.2, 0.25) is 5.91 Å². The van der Waals surface area contributed by atoms with Gasteiger partial charge in [-0.25, -0.2) is 4.79 Å². The van der Waals surface area contributed by atoms with E-state index in [4.69, 9.17) is 21.1 Å². The van der Waals surface area contributed by atoms with Crippen LogP contribution in [0.2, 0.25) is 5.02 Å². The number of nitrogens with one attached hydrogen (secondary N) is 2. The highest BCUT2D eigenvalue weighted by atomic mass is 35.5. The van der Waals surface area contributed by atoms with Crippen LogP contribution in [0.4, 0.5) is 5.69 Å². The Morgan fingerprint density at radius 1 is 1.05 bits per heavy atom. The van der Waals surface area contributed by atoms with E-state index in [9.17, 15) is 14.9 Å². The smallest absolute Gasteiger partial charge is 0.337 e. The SMILES string of the molecule is CCOC(=O)C1=C(c2ccccc2)NC(SCC(=O)Nc2ccc(OC)cc2)=C(C#N)C1c1ccc(Cl)cc1. The van der Waals surface area contributed by atoms with Crippen LogP contribution >= 0.6 is 23.4 Å².